The number of hydrogen-bond donors (Lipinski definition) is 0. The Bertz CT molecular complexity index is 882. The summed E-state index contributed by atoms with van der Waals surface area (Å²) >= 11 is 8.57. The molecule has 0 aliphatic heterocycles. The van der Waals surface area contributed by atoms with Crippen LogP contribution in [0, 0.1) is 5.82 Å². The van der Waals surface area contributed by atoms with E-state index in [1.165, 1.54) is 35.2 Å². The standard InChI is InChI=1S/C17H15ClFN3O2S2/c1-2-22(9-13-7-8-14(18)26-13)15(23)10-25-17-21-20-16(24-17)11-3-5-12(19)6-4-11/h3-8H,2,9-10H2,1H3. The topological polar surface area (TPSA) is 59.2 Å². The van der Waals surface area contributed by atoms with Crippen LogP contribution in [-0.4, -0.2) is 33.3 Å². The van der Waals surface area contributed by atoms with Crippen molar-refractivity contribution in [1.29, 1.82) is 0 Å². The summed E-state index contributed by atoms with van der Waals surface area (Å²) < 4.78 is 19.2. The van der Waals surface area contributed by atoms with Crippen molar-refractivity contribution < 1.29 is 13.6 Å². The molecule has 0 saturated carbocycles. The molecule has 3 rings (SSSR count). The Labute approximate surface area is 163 Å². The van der Waals surface area contributed by atoms with Gasteiger partial charge in [0, 0.05) is 17.0 Å². The van der Waals surface area contributed by atoms with E-state index in [1.807, 2.05) is 19.1 Å². The number of aromatic nitrogens is 2. The van der Waals surface area contributed by atoms with Crippen molar-refractivity contribution in [3.8, 4) is 11.5 Å². The van der Waals surface area contributed by atoms with Gasteiger partial charge in [-0.1, -0.05) is 23.4 Å². The fourth-order valence-corrected chi connectivity index (χ4v) is 3.96. The highest BCUT2D eigenvalue weighted by Crippen LogP contribution is 2.25. The number of benzene rings is 1. The number of thiophene rings is 1. The lowest BCUT2D eigenvalue weighted by Gasteiger charge is -2.19. The molecule has 0 saturated heterocycles. The zero-order chi connectivity index (χ0) is 18.5. The average molecular weight is 412 g/mol. The highest BCUT2D eigenvalue weighted by Gasteiger charge is 2.16. The summed E-state index contributed by atoms with van der Waals surface area (Å²) in [5.41, 5.74) is 0.627. The van der Waals surface area contributed by atoms with Crippen molar-refractivity contribution in [2.75, 3.05) is 12.3 Å². The van der Waals surface area contributed by atoms with Crippen LogP contribution >= 0.6 is 34.7 Å². The van der Waals surface area contributed by atoms with Gasteiger partial charge in [0.2, 0.25) is 11.8 Å². The molecule has 3 aromatic rings. The lowest BCUT2D eigenvalue weighted by atomic mass is 10.2. The number of nitrogens with zero attached hydrogens (tertiary/aromatic N) is 3. The first kappa shape index (κ1) is 18.9. The molecule has 0 spiro atoms. The van der Waals surface area contributed by atoms with Crippen LogP contribution in [0.25, 0.3) is 11.5 Å². The summed E-state index contributed by atoms with van der Waals surface area (Å²) in [4.78, 5) is 15.2. The van der Waals surface area contributed by atoms with Crippen molar-refractivity contribution in [2.45, 2.75) is 18.7 Å². The van der Waals surface area contributed by atoms with E-state index in [4.69, 9.17) is 16.0 Å². The number of halogens is 2. The Kier molecular flexibility index (Phi) is 6.29. The van der Waals surface area contributed by atoms with Gasteiger partial charge in [-0.3, -0.25) is 4.79 Å². The van der Waals surface area contributed by atoms with Gasteiger partial charge >= 0.3 is 0 Å². The Morgan fingerprint density at radius 3 is 2.69 bits per heavy atom. The van der Waals surface area contributed by atoms with Gasteiger partial charge in [-0.15, -0.1) is 21.5 Å². The van der Waals surface area contributed by atoms with Crippen LogP contribution < -0.4 is 0 Å². The number of amides is 1. The number of carbonyl (C=O) groups is 1. The third-order valence-electron chi connectivity index (χ3n) is 3.53. The van der Waals surface area contributed by atoms with Crippen LogP contribution in [0.1, 0.15) is 11.8 Å². The molecule has 0 radical (unpaired) electrons. The summed E-state index contributed by atoms with van der Waals surface area (Å²) in [7, 11) is 0. The predicted molar refractivity (Wildman–Crippen MR) is 101 cm³/mol. The Balaban J connectivity index is 1.57. The molecular weight excluding hydrogens is 397 g/mol. The zero-order valence-corrected chi connectivity index (χ0v) is 16.2. The first-order chi connectivity index (χ1) is 12.5. The summed E-state index contributed by atoms with van der Waals surface area (Å²) in [5, 5.41) is 8.16. The molecule has 0 fully saturated rings. The van der Waals surface area contributed by atoms with E-state index in [0.717, 1.165) is 4.88 Å². The third kappa shape index (κ3) is 4.84. The lowest BCUT2D eigenvalue weighted by molar-refractivity contribution is -0.128. The van der Waals surface area contributed by atoms with Gasteiger partial charge in [0.05, 0.1) is 16.6 Å². The summed E-state index contributed by atoms with van der Waals surface area (Å²) in [6.45, 7) is 3.05. The van der Waals surface area contributed by atoms with Gasteiger partial charge in [0.1, 0.15) is 5.82 Å². The smallest absolute Gasteiger partial charge is 0.277 e. The second-order valence-corrected chi connectivity index (χ2v) is 8.01. The summed E-state index contributed by atoms with van der Waals surface area (Å²) in [6, 6.07) is 9.52. The maximum atomic E-state index is 13.0. The van der Waals surface area contributed by atoms with E-state index in [0.29, 0.717) is 34.1 Å². The number of thioether (sulfide) groups is 1. The first-order valence-electron chi connectivity index (χ1n) is 7.79. The van der Waals surface area contributed by atoms with Crippen molar-refractivity contribution in [3.05, 3.63) is 51.4 Å². The van der Waals surface area contributed by atoms with Crippen LogP contribution in [0.3, 0.4) is 0 Å². The molecule has 5 nitrogen and oxygen atoms in total. The molecule has 1 amide bonds. The quantitative estimate of drug-likeness (QED) is 0.526. The molecule has 0 bridgehead atoms. The highest BCUT2D eigenvalue weighted by atomic mass is 35.5. The van der Waals surface area contributed by atoms with Crippen LogP contribution in [0.5, 0.6) is 0 Å². The maximum Gasteiger partial charge on any atom is 0.277 e. The zero-order valence-electron chi connectivity index (χ0n) is 13.8. The first-order valence-corrected chi connectivity index (χ1v) is 9.97. The second-order valence-electron chi connectivity index (χ2n) is 5.28. The average Bonchev–Trinajstić information content (AvgIpc) is 3.27. The van der Waals surface area contributed by atoms with Crippen molar-refractivity contribution >= 4 is 40.6 Å². The van der Waals surface area contributed by atoms with Gasteiger partial charge in [-0.2, -0.15) is 0 Å². The minimum absolute atomic E-state index is 0.0245. The molecule has 0 N–H and O–H groups in total. The van der Waals surface area contributed by atoms with Gasteiger partial charge in [-0.05, 0) is 43.3 Å². The van der Waals surface area contributed by atoms with E-state index >= 15 is 0 Å². The van der Waals surface area contributed by atoms with Gasteiger partial charge < -0.3 is 9.32 Å². The predicted octanol–water partition coefficient (Wildman–Crippen LogP) is 4.73. The maximum absolute atomic E-state index is 13.0. The van der Waals surface area contributed by atoms with E-state index in [-0.39, 0.29) is 17.5 Å². The van der Waals surface area contributed by atoms with Crippen molar-refractivity contribution in [1.82, 2.24) is 15.1 Å². The highest BCUT2D eigenvalue weighted by molar-refractivity contribution is 7.99. The lowest BCUT2D eigenvalue weighted by Crippen LogP contribution is -2.31. The summed E-state index contributed by atoms with van der Waals surface area (Å²) in [5.74, 6) is 0.127. The Hall–Kier alpha value is -1.90. The molecule has 2 heterocycles. The molecule has 136 valence electrons. The van der Waals surface area contributed by atoms with Crippen molar-refractivity contribution in [2.24, 2.45) is 0 Å². The summed E-state index contributed by atoms with van der Waals surface area (Å²) in [6.07, 6.45) is 0. The number of rotatable bonds is 7. The van der Waals surface area contributed by atoms with Gasteiger partial charge in [0.15, 0.2) is 0 Å². The van der Waals surface area contributed by atoms with E-state index in [9.17, 15) is 9.18 Å². The minimum atomic E-state index is -0.333. The molecule has 2 aromatic heterocycles. The molecule has 9 heteroatoms. The van der Waals surface area contributed by atoms with Crippen LogP contribution in [0.4, 0.5) is 4.39 Å². The second kappa shape index (κ2) is 8.66. The molecule has 0 aliphatic carbocycles. The molecule has 0 atom stereocenters. The Morgan fingerprint density at radius 1 is 1.27 bits per heavy atom. The SMILES string of the molecule is CCN(Cc1ccc(Cl)s1)C(=O)CSc1nnc(-c2ccc(F)cc2)o1. The van der Waals surface area contributed by atoms with Crippen LogP contribution in [0.15, 0.2) is 46.0 Å². The van der Waals surface area contributed by atoms with E-state index in [2.05, 4.69) is 10.2 Å². The molecule has 1 aromatic carbocycles. The van der Waals surface area contributed by atoms with Crippen molar-refractivity contribution in [3.63, 3.8) is 0 Å². The number of carbonyl (C=O) groups excluding carboxylic acids is 1. The molecular formula is C17H15ClFN3O2S2. The Morgan fingerprint density at radius 2 is 2.04 bits per heavy atom. The largest absolute Gasteiger partial charge is 0.411 e. The number of hydrogen-bond acceptors (Lipinski definition) is 6. The molecule has 26 heavy (non-hydrogen) atoms. The third-order valence-corrected chi connectivity index (χ3v) is 5.55. The molecule has 0 aliphatic rings. The fraction of sp³-hybridized carbons (Fsp3) is 0.235. The van der Waals surface area contributed by atoms with E-state index in [1.54, 1.807) is 17.0 Å². The van der Waals surface area contributed by atoms with Gasteiger partial charge in [-0.25, -0.2) is 4.39 Å². The monoisotopic (exact) mass is 411 g/mol. The minimum Gasteiger partial charge on any atom is -0.411 e. The normalized spacial score (nSPS) is 10.9. The van der Waals surface area contributed by atoms with E-state index < -0.39 is 0 Å². The fourth-order valence-electron chi connectivity index (χ4n) is 2.19. The van der Waals surface area contributed by atoms with Gasteiger partial charge in [0.25, 0.3) is 5.22 Å². The van der Waals surface area contributed by atoms with Crippen LogP contribution in [0.2, 0.25) is 4.34 Å². The molecule has 0 unspecified atom stereocenters. The van der Waals surface area contributed by atoms with Crippen LogP contribution in [-0.2, 0) is 11.3 Å².